The van der Waals surface area contributed by atoms with Crippen molar-refractivity contribution in [2.24, 2.45) is 5.92 Å². The van der Waals surface area contributed by atoms with Crippen LogP contribution in [0.1, 0.15) is 24.3 Å². The minimum absolute atomic E-state index is 0.286. The SMILES string of the molecule is C1=CCC(C2=CCC(c3ccccc3)C=C2)C(n2c3ccccc3c3cc(-c4ccc5c(c4)c4ccccc4n5-c4ccc(-c5ccc(-c6ccccc6)cc5)cc4)ccc32)=C1. The molecule has 0 bridgehead atoms. The number of para-hydroxylation sites is 2. The molecule has 8 aromatic carbocycles. The molecule has 0 N–H and O–H groups in total. The molecule has 0 radical (unpaired) electrons. The van der Waals surface area contributed by atoms with Gasteiger partial charge in [-0.25, -0.2) is 0 Å². The van der Waals surface area contributed by atoms with E-state index in [2.05, 4.69) is 240 Å². The van der Waals surface area contributed by atoms with E-state index in [-0.39, 0.29) is 5.92 Å². The van der Waals surface area contributed by atoms with E-state index in [0.717, 1.165) is 18.5 Å². The first-order valence-corrected chi connectivity index (χ1v) is 21.9. The van der Waals surface area contributed by atoms with Crippen LogP contribution in [-0.4, -0.2) is 9.13 Å². The topological polar surface area (TPSA) is 9.86 Å². The fraction of sp³-hybridized carbons (Fsp3) is 0.0667. The van der Waals surface area contributed by atoms with Crippen molar-refractivity contribution in [3.05, 3.63) is 242 Å². The van der Waals surface area contributed by atoms with E-state index >= 15 is 0 Å². The highest BCUT2D eigenvalue weighted by atomic mass is 15.0. The van der Waals surface area contributed by atoms with Gasteiger partial charge in [0.2, 0.25) is 0 Å². The van der Waals surface area contributed by atoms with Gasteiger partial charge in [0.05, 0.1) is 22.1 Å². The maximum atomic E-state index is 2.53. The van der Waals surface area contributed by atoms with Gasteiger partial charge in [-0.1, -0.05) is 176 Å². The molecule has 2 aliphatic rings. The van der Waals surface area contributed by atoms with E-state index in [1.807, 2.05) is 0 Å². The molecule has 2 aliphatic carbocycles. The van der Waals surface area contributed by atoms with Gasteiger partial charge in [0.1, 0.15) is 0 Å². The number of fused-ring (bicyclic) bond motifs is 6. The highest BCUT2D eigenvalue weighted by molar-refractivity contribution is 6.13. The van der Waals surface area contributed by atoms with Crippen LogP contribution in [0.4, 0.5) is 0 Å². The van der Waals surface area contributed by atoms with Crippen molar-refractivity contribution < 1.29 is 0 Å². The summed E-state index contributed by atoms with van der Waals surface area (Å²) in [6.07, 6.45) is 16.2. The smallest absolute Gasteiger partial charge is 0.0541 e. The quantitative estimate of drug-likeness (QED) is 0.152. The molecule has 0 fully saturated rings. The Hall–Kier alpha value is -7.68. The normalized spacial score (nSPS) is 16.3. The Kier molecular flexibility index (Phi) is 8.81. The summed E-state index contributed by atoms with van der Waals surface area (Å²) in [4.78, 5) is 0. The van der Waals surface area contributed by atoms with Gasteiger partial charge in [0.15, 0.2) is 0 Å². The van der Waals surface area contributed by atoms with Gasteiger partial charge >= 0.3 is 0 Å². The predicted octanol–water partition coefficient (Wildman–Crippen LogP) is 16.0. The maximum Gasteiger partial charge on any atom is 0.0541 e. The number of hydrogen-bond donors (Lipinski definition) is 0. The number of rotatable bonds is 7. The minimum atomic E-state index is 0.286. The largest absolute Gasteiger partial charge is 0.312 e. The van der Waals surface area contributed by atoms with Crippen molar-refractivity contribution in [3.8, 4) is 39.1 Å². The standard InChI is InChI=1S/C60H44N2/c1-3-13-41(14-4-1)43-23-25-45(26-24-43)46-31-35-50(36-32-46)61-57-21-11-8-18-52(57)54-39-48(33-37-59(54)61)49-34-38-60-55(40-49)53-19-9-12-22-58(53)62(60)56-20-10-7-17-51(56)47-29-27-44(28-30-47)42-15-5-2-6-16-42/h1-16,18-27,29-40,44,51H,17,28H2. The number of nitrogens with zero attached hydrogens (tertiary/aromatic N) is 2. The van der Waals surface area contributed by atoms with Gasteiger partial charge in [-0.2, -0.15) is 0 Å². The molecule has 0 saturated heterocycles. The summed E-state index contributed by atoms with van der Waals surface area (Å²) < 4.78 is 4.94. The molecular weight excluding hydrogens is 749 g/mol. The van der Waals surface area contributed by atoms with Crippen LogP contribution in [0.3, 0.4) is 0 Å². The van der Waals surface area contributed by atoms with Crippen molar-refractivity contribution in [2.75, 3.05) is 0 Å². The Morgan fingerprint density at radius 2 is 0.903 bits per heavy atom. The van der Waals surface area contributed by atoms with E-state index in [0.29, 0.717) is 5.92 Å². The molecular formula is C60H44N2. The molecule has 0 amide bonds. The first-order chi connectivity index (χ1) is 30.7. The number of hydrogen-bond acceptors (Lipinski definition) is 0. The van der Waals surface area contributed by atoms with Crippen molar-refractivity contribution in [1.29, 1.82) is 0 Å². The third-order valence-corrected chi connectivity index (χ3v) is 13.3. The lowest BCUT2D eigenvalue weighted by Gasteiger charge is -2.28. The summed E-state index contributed by atoms with van der Waals surface area (Å²) in [6.45, 7) is 0. The number of benzene rings is 8. The Balaban J connectivity index is 0.892. The van der Waals surface area contributed by atoms with Gasteiger partial charge in [-0.05, 0) is 112 Å². The zero-order valence-electron chi connectivity index (χ0n) is 34.4. The van der Waals surface area contributed by atoms with E-state index in [1.54, 1.807) is 0 Å². The average molecular weight is 793 g/mol. The summed E-state index contributed by atoms with van der Waals surface area (Å²) >= 11 is 0. The summed E-state index contributed by atoms with van der Waals surface area (Å²) in [7, 11) is 0. The zero-order chi connectivity index (χ0) is 41.0. The van der Waals surface area contributed by atoms with Crippen LogP contribution in [0, 0.1) is 5.92 Å². The molecule has 12 rings (SSSR count). The first-order valence-electron chi connectivity index (χ1n) is 21.9. The molecule has 10 aromatic rings. The van der Waals surface area contributed by atoms with Gasteiger partial charge in [0, 0.05) is 44.8 Å². The zero-order valence-corrected chi connectivity index (χ0v) is 34.4. The lowest BCUT2D eigenvalue weighted by Crippen LogP contribution is -2.14. The second-order valence-corrected chi connectivity index (χ2v) is 16.8. The molecule has 2 nitrogen and oxygen atoms in total. The average Bonchev–Trinajstić information content (AvgIpc) is 3.87. The molecule has 2 heteroatoms. The highest BCUT2D eigenvalue weighted by Crippen LogP contribution is 2.43. The van der Waals surface area contributed by atoms with E-state index in [9.17, 15) is 0 Å². The Labute approximate surface area is 362 Å². The monoisotopic (exact) mass is 792 g/mol. The van der Waals surface area contributed by atoms with Crippen LogP contribution in [-0.2, 0) is 0 Å². The van der Waals surface area contributed by atoms with Crippen molar-refractivity contribution in [2.45, 2.75) is 18.8 Å². The summed E-state index contributed by atoms with van der Waals surface area (Å²) in [6, 6.07) is 71.2. The van der Waals surface area contributed by atoms with Crippen LogP contribution in [0.25, 0.3) is 88.4 Å². The van der Waals surface area contributed by atoms with E-state index in [4.69, 9.17) is 0 Å². The van der Waals surface area contributed by atoms with Gasteiger partial charge in [-0.3, -0.25) is 0 Å². The molecule has 2 atom stereocenters. The van der Waals surface area contributed by atoms with Crippen molar-refractivity contribution in [1.82, 2.24) is 9.13 Å². The number of allylic oxidation sites excluding steroid dienone is 8. The fourth-order valence-electron chi connectivity index (χ4n) is 10.1. The molecule has 2 heterocycles. The first kappa shape index (κ1) is 36.2. The van der Waals surface area contributed by atoms with Gasteiger partial charge in [0.25, 0.3) is 0 Å². The fourth-order valence-corrected chi connectivity index (χ4v) is 10.1. The Morgan fingerprint density at radius 3 is 1.52 bits per heavy atom. The van der Waals surface area contributed by atoms with E-state index < -0.39 is 0 Å². The second-order valence-electron chi connectivity index (χ2n) is 16.8. The molecule has 2 aromatic heterocycles. The lowest BCUT2D eigenvalue weighted by molar-refractivity contribution is 0.741. The maximum absolute atomic E-state index is 2.53. The van der Waals surface area contributed by atoms with E-state index in [1.165, 1.54) is 93.8 Å². The van der Waals surface area contributed by atoms with Crippen LogP contribution in [0.2, 0.25) is 0 Å². The Morgan fingerprint density at radius 1 is 0.403 bits per heavy atom. The van der Waals surface area contributed by atoms with Gasteiger partial charge in [-0.15, -0.1) is 0 Å². The molecule has 0 aliphatic heterocycles. The third-order valence-electron chi connectivity index (χ3n) is 13.3. The van der Waals surface area contributed by atoms with Crippen molar-refractivity contribution in [3.63, 3.8) is 0 Å². The molecule has 62 heavy (non-hydrogen) atoms. The van der Waals surface area contributed by atoms with Crippen LogP contribution in [0.5, 0.6) is 0 Å². The summed E-state index contributed by atoms with van der Waals surface area (Å²) in [5.74, 6) is 0.713. The number of aromatic nitrogens is 2. The molecule has 0 saturated carbocycles. The van der Waals surface area contributed by atoms with Crippen molar-refractivity contribution >= 4 is 49.3 Å². The second kappa shape index (κ2) is 15.1. The minimum Gasteiger partial charge on any atom is -0.312 e. The molecule has 0 spiro atoms. The van der Waals surface area contributed by atoms with Crippen LogP contribution < -0.4 is 0 Å². The summed E-state index contributed by atoms with van der Waals surface area (Å²) in [5, 5.41) is 5.07. The Bertz CT molecular complexity index is 3430. The predicted molar refractivity (Wildman–Crippen MR) is 263 cm³/mol. The third kappa shape index (κ3) is 6.18. The van der Waals surface area contributed by atoms with Crippen LogP contribution in [0.15, 0.2) is 236 Å². The van der Waals surface area contributed by atoms with Gasteiger partial charge < -0.3 is 9.13 Å². The van der Waals surface area contributed by atoms with Crippen LogP contribution >= 0.6 is 0 Å². The molecule has 2 unspecified atom stereocenters. The highest BCUT2D eigenvalue weighted by Gasteiger charge is 2.26. The lowest BCUT2D eigenvalue weighted by atomic mass is 9.82. The summed E-state index contributed by atoms with van der Waals surface area (Å²) in [5.41, 5.74) is 17.5. The molecule has 294 valence electrons.